The summed E-state index contributed by atoms with van der Waals surface area (Å²) in [5.74, 6) is -0.149. The van der Waals surface area contributed by atoms with Gasteiger partial charge in [0.15, 0.2) is 5.13 Å². The third-order valence-electron chi connectivity index (χ3n) is 4.96. The third-order valence-corrected chi connectivity index (χ3v) is 5.96. The van der Waals surface area contributed by atoms with Crippen LogP contribution in [0.5, 0.6) is 0 Å². The van der Waals surface area contributed by atoms with Crippen molar-refractivity contribution in [2.45, 2.75) is 19.5 Å². The van der Waals surface area contributed by atoms with Gasteiger partial charge in [0, 0.05) is 36.5 Å². The number of aromatic nitrogens is 3. The molecule has 0 atom stereocenters. The summed E-state index contributed by atoms with van der Waals surface area (Å²) in [6, 6.07) is 15.9. The van der Waals surface area contributed by atoms with Crippen LogP contribution in [0.15, 0.2) is 54.9 Å². The Balaban J connectivity index is 1.28. The van der Waals surface area contributed by atoms with E-state index >= 15 is 0 Å². The summed E-state index contributed by atoms with van der Waals surface area (Å²) in [4.78, 5) is 28.1. The average molecular weight is 389 g/mol. The molecule has 6 nitrogen and oxygen atoms in total. The average Bonchev–Trinajstić information content (AvgIpc) is 3.34. The fourth-order valence-corrected chi connectivity index (χ4v) is 4.57. The monoisotopic (exact) mass is 389 g/mol. The second-order valence-corrected chi connectivity index (χ2v) is 8.01. The van der Waals surface area contributed by atoms with Gasteiger partial charge in [-0.3, -0.25) is 15.0 Å². The Labute approximate surface area is 166 Å². The lowest BCUT2D eigenvalue weighted by molar-refractivity contribution is 0.102. The quantitative estimate of drug-likeness (QED) is 0.556. The minimum atomic E-state index is -0.149. The first-order valence-corrected chi connectivity index (χ1v) is 10.1. The summed E-state index contributed by atoms with van der Waals surface area (Å²) >= 11 is 1.57. The van der Waals surface area contributed by atoms with E-state index in [4.69, 9.17) is 0 Å². The highest BCUT2D eigenvalue weighted by molar-refractivity contribution is 7.15. The number of rotatable bonds is 4. The van der Waals surface area contributed by atoms with Crippen LogP contribution < -0.4 is 5.32 Å². The number of H-pyrrole nitrogens is 1. The van der Waals surface area contributed by atoms with Gasteiger partial charge < -0.3 is 4.98 Å². The first-order valence-electron chi connectivity index (χ1n) is 9.24. The molecule has 0 unspecified atom stereocenters. The SMILES string of the molecule is O=C(Nc1nc2c(s1)CN(Cc1ccccc1)CC2)c1ccc2nc[nH]c2c1. The summed E-state index contributed by atoms with van der Waals surface area (Å²) in [5, 5.41) is 3.62. The van der Waals surface area contributed by atoms with Crippen molar-refractivity contribution in [1.82, 2.24) is 19.9 Å². The van der Waals surface area contributed by atoms with Crippen LogP contribution in [0.3, 0.4) is 0 Å². The van der Waals surface area contributed by atoms with E-state index in [1.165, 1.54) is 10.4 Å². The second-order valence-electron chi connectivity index (χ2n) is 6.92. The van der Waals surface area contributed by atoms with Crippen LogP contribution in [0, 0.1) is 0 Å². The number of imidazole rings is 1. The number of carbonyl (C=O) groups is 1. The van der Waals surface area contributed by atoms with Crippen molar-refractivity contribution < 1.29 is 4.79 Å². The van der Waals surface area contributed by atoms with Gasteiger partial charge >= 0.3 is 0 Å². The number of aromatic amines is 1. The standard InChI is InChI=1S/C21H19N5OS/c27-20(15-6-7-16-18(10-15)23-13-22-16)25-21-24-17-8-9-26(12-19(17)28-21)11-14-4-2-1-3-5-14/h1-7,10,13H,8-9,11-12H2,(H,22,23)(H,24,25,27). The summed E-state index contributed by atoms with van der Waals surface area (Å²) in [6.45, 7) is 2.79. The van der Waals surface area contributed by atoms with E-state index in [1.54, 1.807) is 23.7 Å². The minimum Gasteiger partial charge on any atom is -0.345 e. The maximum absolute atomic E-state index is 12.6. The number of fused-ring (bicyclic) bond motifs is 2. The van der Waals surface area contributed by atoms with E-state index in [9.17, 15) is 4.79 Å². The van der Waals surface area contributed by atoms with Gasteiger partial charge in [-0.1, -0.05) is 30.3 Å². The number of carbonyl (C=O) groups excluding carboxylic acids is 1. The smallest absolute Gasteiger partial charge is 0.257 e. The topological polar surface area (TPSA) is 73.9 Å². The number of anilines is 1. The van der Waals surface area contributed by atoms with Crippen molar-refractivity contribution in [3.63, 3.8) is 0 Å². The predicted octanol–water partition coefficient (Wildman–Crippen LogP) is 3.83. The second kappa shape index (κ2) is 7.18. The van der Waals surface area contributed by atoms with Gasteiger partial charge in [0.2, 0.25) is 0 Å². The molecule has 3 heterocycles. The molecule has 1 aliphatic rings. The van der Waals surface area contributed by atoms with Gasteiger partial charge in [-0.15, -0.1) is 11.3 Å². The van der Waals surface area contributed by atoms with Crippen molar-refractivity contribution in [2.75, 3.05) is 11.9 Å². The van der Waals surface area contributed by atoms with Crippen LogP contribution in [-0.4, -0.2) is 32.3 Å². The zero-order valence-electron chi connectivity index (χ0n) is 15.2. The molecule has 7 heteroatoms. The number of nitrogens with one attached hydrogen (secondary N) is 2. The lowest BCUT2D eigenvalue weighted by atomic mass is 10.1. The normalized spacial score (nSPS) is 14.1. The van der Waals surface area contributed by atoms with Crippen molar-refractivity contribution in [1.29, 1.82) is 0 Å². The Morgan fingerprint density at radius 3 is 3.00 bits per heavy atom. The highest BCUT2D eigenvalue weighted by atomic mass is 32.1. The summed E-state index contributed by atoms with van der Waals surface area (Å²) < 4.78 is 0. The molecule has 5 rings (SSSR count). The van der Waals surface area contributed by atoms with Crippen molar-refractivity contribution in [3.8, 4) is 0 Å². The number of benzene rings is 2. The lowest BCUT2D eigenvalue weighted by Crippen LogP contribution is -2.29. The van der Waals surface area contributed by atoms with Crippen LogP contribution in [-0.2, 0) is 19.5 Å². The van der Waals surface area contributed by atoms with Crippen LogP contribution in [0.2, 0.25) is 0 Å². The van der Waals surface area contributed by atoms with E-state index in [1.807, 2.05) is 18.2 Å². The molecule has 2 aromatic carbocycles. The van der Waals surface area contributed by atoms with Crippen molar-refractivity contribution in [3.05, 3.63) is 76.6 Å². The van der Waals surface area contributed by atoms with Crippen molar-refractivity contribution >= 4 is 33.4 Å². The highest BCUT2D eigenvalue weighted by Crippen LogP contribution is 2.29. The molecule has 0 aliphatic carbocycles. The Hall–Kier alpha value is -3.03. The molecule has 0 fully saturated rings. The Morgan fingerprint density at radius 1 is 1.21 bits per heavy atom. The predicted molar refractivity (Wildman–Crippen MR) is 110 cm³/mol. The number of nitrogens with zero attached hydrogens (tertiary/aromatic N) is 3. The van der Waals surface area contributed by atoms with Crippen LogP contribution in [0.1, 0.15) is 26.5 Å². The summed E-state index contributed by atoms with van der Waals surface area (Å²) in [7, 11) is 0. The third kappa shape index (κ3) is 3.42. The molecule has 2 aromatic heterocycles. The molecule has 0 spiro atoms. The first kappa shape index (κ1) is 17.1. The molecule has 28 heavy (non-hydrogen) atoms. The maximum atomic E-state index is 12.6. The van der Waals surface area contributed by atoms with E-state index in [0.29, 0.717) is 10.7 Å². The van der Waals surface area contributed by atoms with E-state index in [-0.39, 0.29) is 5.91 Å². The molecule has 2 N–H and O–H groups in total. The van der Waals surface area contributed by atoms with Crippen molar-refractivity contribution in [2.24, 2.45) is 0 Å². The lowest BCUT2D eigenvalue weighted by Gasteiger charge is -2.25. The Kier molecular flexibility index (Phi) is 4.38. The molecule has 1 amide bonds. The van der Waals surface area contributed by atoms with E-state index in [0.717, 1.165) is 42.8 Å². The largest absolute Gasteiger partial charge is 0.345 e. The van der Waals surface area contributed by atoms with Gasteiger partial charge in [0.25, 0.3) is 5.91 Å². The molecule has 4 aromatic rings. The zero-order valence-corrected chi connectivity index (χ0v) is 16.0. The number of hydrogen-bond donors (Lipinski definition) is 2. The highest BCUT2D eigenvalue weighted by Gasteiger charge is 2.21. The fourth-order valence-electron chi connectivity index (χ4n) is 3.52. The molecule has 0 saturated heterocycles. The van der Waals surface area contributed by atoms with E-state index in [2.05, 4.69) is 49.4 Å². The Bertz CT molecular complexity index is 1130. The van der Waals surface area contributed by atoms with Gasteiger partial charge in [0.1, 0.15) is 0 Å². The van der Waals surface area contributed by atoms with Gasteiger partial charge in [-0.2, -0.15) is 0 Å². The summed E-state index contributed by atoms with van der Waals surface area (Å²) in [5.41, 5.74) is 4.71. The van der Waals surface area contributed by atoms with Crippen LogP contribution in [0.25, 0.3) is 11.0 Å². The number of thiazole rings is 1. The molecular weight excluding hydrogens is 370 g/mol. The summed E-state index contributed by atoms with van der Waals surface area (Å²) in [6.07, 6.45) is 2.54. The first-order chi connectivity index (χ1) is 13.7. The zero-order chi connectivity index (χ0) is 18.9. The fraction of sp³-hybridized carbons (Fsp3) is 0.190. The molecule has 0 bridgehead atoms. The van der Waals surface area contributed by atoms with Gasteiger partial charge in [-0.25, -0.2) is 9.97 Å². The van der Waals surface area contributed by atoms with Crippen LogP contribution in [0.4, 0.5) is 5.13 Å². The van der Waals surface area contributed by atoms with E-state index < -0.39 is 0 Å². The maximum Gasteiger partial charge on any atom is 0.257 e. The van der Waals surface area contributed by atoms with Gasteiger partial charge in [0.05, 0.1) is 23.1 Å². The number of amides is 1. The molecular formula is C21H19N5OS. The minimum absolute atomic E-state index is 0.149. The molecule has 140 valence electrons. The molecule has 0 saturated carbocycles. The van der Waals surface area contributed by atoms with Crippen LogP contribution >= 0.6 is 11.3 Å². The molecule has 1 aliphatic heterocycles. The Morgan fingerprint density at radius 2 is 2.11 bits per heavy atom. The number of hydrogen-bond acceptors (Lipinski definition) is 5. The van der Waals surface area contributed by atoms with Gasteiger partial charge in [-0.05, 0) is 23.8 Å². The molecule has 0 radical (unpaired) electrons.